The molecule has 1 N–H and O–H groups in total. The van der Waals surface area contributed by atoms with Crippen LogP contribution < -0.4 is 10.1 Å². The van der Waals surface area contributed by atoms with E-state index in [4.69, 9.17) is 9.26 Å². The number of alkyl halides is 3. The van der Waals surface area contributed by atoms with E-state index >= 15 is 0 Å². The first-order valence-electron chi connectivity index (χ1n) is 9.48. The van der Waals surface area contributed by atoms with E-state index < -0.39 is 17.6 Å². The quantitative estimate of drug-likeness (QED) is 0.424. The number of carbonyl (C=O) groups excluding carboxylic acids is 1. The fourth-order valence-electron chi connectivity index (χ4n) is 2.91. The number of rotatable bonds is 6. The second kappa shape index (κ2) is 8.93. The van der Waals surface area contributed by atoms with Crippen molar-refractivity contribution in [1.29, 1.82) is 0 Å². The van der Waals surface area contributed by atoms with Crippen LogP contribution in [-0.2, 0) is 12.8 Å². The zero-order valence-electron chi connectivity index (χ0n) is 16.5. The maximum atomic E-state index is 12.9. The largest absolute Gasteiger partial charge is 0.483 e. The van der Waals surface area contributed by atoms with Crippen molar-refractivity contribution in [3.05, 3.63) is 95.9 Å². The van der Waals surface area contributed by atoms with Crippen molar-refractivity contribution in [3.63, 3.8) is 0 Å². The molecule has 0 aliphatic carbocycles. The molecule has 162 valence electrons. The molecule has 0 aliphatic rings. The minimum Gasteiger partial charge on any atom is -0.483 e. The van der Waals surface area contributed by atoms with E-state index in [9.17, 15) is 18.0 Å². The third-order valence-corrected chi connectivity index (χ3v) is 4.43. The molecule has 1 amide bonds. The van der Waals surface area contributed by atoms with Gasteiger partial charge in [-0.1, -0.05) is 53.7 Å². The molecule has 0 bridgehead atoms. The van der Waals surface area contributed by atoms with Crippen LogP contribution in [0, 0.1) is 0 Å². The standard InChI is InChI=1S/C23H16F3N3O3/c24-23(25,26)16-9-6-10-17(13-16)27-22(30)18-11-4-5-12-19(18)31-14-20-28-21(29-32-20)15-7-2-1-3-8-15/h1-13H,14H2,(H,27,30). The summed E-state index contributed by atoms with van der Waals surface area (Å²) in [6.07, 6.45) is -4.51. The van der Waals surface area contributed by atoms with Gasteiger partial charge in [0.25, 0.3) is 11.8 Å². The normalized spacial score (nSPS) is 11.2. The van der Waals surface area contributed by atoms with Crippen LogP contribution in [0.4, 0.5) is 18.9 Å². The highest BCUT2D eigenvalue weighted by atomic mass is 19.4. The number of anilines is 1. The number of ether oxygens (including phenoxy) is 1. The van der Waals surface area contributed by atoms with Crippen molar-refractivity contribution in [1.82, 2.24) is 10.1 Å². The number of carbonyl (C=O) groups is 1. The molecule has 9 heteroatoms. The lowest BCUT2D eigenvalue weighted by Crippen LogP contribution is -2.14. The molecule has 1 aromatic heterocycles. The smallest absolute Gasteiger partial charge is 0.416 e. The second-order valence-electron chi connectivity index (χ2n) is 6.70. The van der Waals surface area contributed by atoms with Gasteiger partial charge in [-0.05, 0) is 30.3 Å². The summed E-state index contributed by atoms with van der Waals surface area (Å²) in [7, 11) is 0. The Balaban J connectivity index is 1.46. The summed E-state index contributed by atoms with van der Waals surface area (Å²) >= 11 is 0. The molecule has 4 rings (SSSR count). The number of aromatic nitrogens is 2. The molecule has 1 heterocycles. The topological polar surface area (TPSA) is 77.2 Å². The maximum Gasteiger partial charge on any atom is 0.416 e. The fourth-order valence-corrected chi connectivity index (χ4v) is 2.91. The number of halogens is 3. The third kappa shape index (κ3) is 4.94. The van der Waals surface area contributed by atoms with E-state index in [-0.39, 0.29) is 29.5 Å². The van der Waals surface area contributed by atoms with Crippen LogP contribution in [-0.4, -0.2) is 16.0 Å². The Hall–Kier alpha value is -4.14. The molecule has 3 aromatic carbocycles. The van der Waals surface area contributed by atoms with Gasteiger partial charge in [0.2, 0.25) is 5.82 Å². The summed E-state index contributed by atoms with van der Waals surface area (Å²) in [6.45, 7) is -0.0896. The van der Waals surface area contributed by atoms with Crippen molar-refractivity contribution >= 4 is 11.6 Å². The Labute approximate surface area is 180 Å². The number of nitrogens with one attached hydrogen (secondary N) is 1. The van der Waals surface area contributed by atoms with Crippen molar-refractivity contribution in [2.24, 2.45) is 0 Å². The Morgan fingerprint density at radius 3 is 2.50 bits per heavy atom. The van der Waals surface area contributed by atoms with E-state index in [1.807, 2.05) is 30.3 Å². The average Bonchev–Trinajstić information content (AvgIpc) is 3.27. The number of amides is 1. The molecule has 32 heavy (non-hydrogen) atoms. The molecule has 0 unspecified atom stereocenters. The lowest BCUT2D eigenvalue weighted by atomic mass is 10.1. The number of nitrogens with zero attached hydrogens (tertiary/aromatic N) is 2. The Morgan fingerprint density at radius 1 is 0.969 bits per heavy atom. The van der Waals surface area contributed by atoms with Crippen LogP contribution in [0.25, 0.3) is 11.4 Å². The van der Waals surface area contributed by atoms with E-state index in [0.29, 0.717) is 5.82 Å². The second-order valence-corrected chi connectivity index (χ2v) is 6.70. The van der Waals surface area contributed by atoms with Crippen LogP contribution in [0.15, 0.2) is 83.4 Å². The maximum absolute atomic E-state index is 12.9. The van der Waals surface area contributed by atoms with Crippen LogP contribution >= 0.6 is 0 Å². The predicted molar refractivity (Wildman–Crippen MR) is 110 cm³/mol. The first-order chi connectivity index (χ1) is 15.4. The average molecular weight is 439 g/mol. The van der Waals surface area contributed by atoms with Gasteiger partial charge in [-0.15, -0.1) is 0 Å². The lowest BCUT2D eigenvalue weighted by molar-refractivity contribution is -0.137. The summed E-state index contributed by atoms with van der Waals surface area (Å²) in [4.78, 5) is 16.9. The van der Waals surface area contributed by atoms with Crippen molar-refractivity contribution in [2.45, 2.75) is 12.8 Å². The van der Waals surface area contributed by atoms with Crippen LogP contribution in [0.3, 0.4) is 0 Å². The summed E-state index contributed by atoms with van der Waals surface area (Å²) in [5.74, 6) is 0.212. The van der Waals surface area contributed by atoms with Gasteiger partial charge in [0, 0.05) is 11.3 Å². The molecule has 0 radical (unpaired) electrons. The van der Waals surface area contributed by atoms with Gasteiger partial charge in [-0.2, -0.15) is 18.2 Å². The Morgan fingerprint density at radius 2 is 1.72 bits per heavy atom. The summed E-state index contributed by atoms with van der Waals surface area (Å²) in [6, 6.07) is 20.0. The molecule has 0 saturated carbocycles. The number of hydrogen-bond donors (Lipinski definition) is 1. The zero-order valence-corrected chi connectivity index (χ0v) is 16.5. The number of benzene rings is 3. The molecule has 0 atom stereocenters. The molecule has 0 fully saturated rings. The van der Waals surface area contributed by atoms with Gasteiger partial charge in [-0.25, -0.2) is 0 Å². The van der Waals surface area contributed by atoms with Crippen LogP contribution in [0.1, 0.15) is 21.8 Å². The molecule has 0 saturated heterocycles. The van der Waals surface area contributed by atoms with E-state index in [2.05, 4.69) is 15.5 Å². The minimum absolute atomic E-state index is 0.0176. The molecule has 6 nitrogen and oxygen atoms in total. The highest BCUT2D eigenvalue weighted by Gasteiger charge is 2.30. The SMILES string of the molecule is O=C(Nc1cccc(C(F)(F)F)c1)c1ccccc1OCc1nc(-c2ccccc2)no1. The summed E-state index contributed by atoms with van der Waals surface area (Å²) < 4.78 is 49.6. The van der Waals surface area contributed by atoms with Gasteiger partial charge in [0.05, 0.1) is 11.1 Å². The summed E-state index contributed by atoms with van der Waals surface area (Å²) in [5, 5.41) is 6.37. The molecule has 0 spiro atoms. The first-order valence-corrected chi connectivity index (χ1v) is 9.48. The minimum atomic E-state index is -4.51. The molecular weight excluding hydrogens is 423 g/mol. The van der Waals surface area contributed by atoms with Gasteiger partial charge in [0.1, 0.15) is 5.75 Å². The lowest BCUT2D eigenvalue weighted by Gasteiger charge is -2.12. The van der Waals surface area contributed by atoms with Crippen molar-refractivity contribution < 1.29 is 27.2 Å². The van der Waals surface area contributed by atoms with E-state index in [1.54, 1.807) is 18.2 Å². The van der Waals surface area contributed by atoms with E-state index in [0.717, 1.165) is 17.7 Å². The van der Waals surface area contributed by atoms with Gasteiger partial charge in [-0.3, -0.25) is 4.79 Å². The van der Waals surface area contributed by atoms with Crippen molar-refractivity contribution in [2.75, 3.05) is 5.32 Å². The predicted octanol–water partition coefficient (Wildman–Crippen LogP) is 5.59. The number of hydrogen-bond acceptors (Lipinski definition) is 5. The molecule has 0 aliphatic heterocycles. The summed E-state index contributed by atoms with van der Waals surface area (Å²) in [5.41, 5.74) is 0.0885. The molecule has 4 aromatic rings. The third-order valence-electron chi connectivity index (χ3n) is 4.43. The van der Waals surface area contributed by atoms with Crippen LogP contribution in [0.2, 0.25) is 0 Å². The van der Waals surface area contributed by atoms with Crippen LogP contribution in [0.5, 0.6) is 5.75 Å². The highest BCUT2D eigenvalue weighted by molar-refractivity contribution is 6.06. The van der Waals surface area contributed by atoms with E-state index in [1.165, 1.54) is 18.2 Å². The number of para-hydroxylation sites is 1. The molecular formula is C23H16F3N3O3. The fraction of sp³-hybridized carbons (Fsp3) is 0.0870. The first kappa shape index (κ1) is 21.1. The zero-order chi connectivity index (χ0) is 22.6. The van der Waals surface area contributed by atoms with Crippen molar-refractivity contribution in [3.8, 4) is 17.1 Å². The Bertz CT molecular complexity index is 1220. The van der Waals surface area contributed by atoms with Gasteiger partial charge < -0.3 is 14.6 Å². The monoisotopic (exact) mass is 439 g/mol. The Kier molecular flexibility index (Phi) is 5.89. The van der Waals surface area contributed by atoms with Gasteiger partial charge in [0.15, 0.2) is 6.61 Å². The highest BCUT2D eigenvalue weighted by Crippen LogP contribution is 2.31. The van der Waals surface area contributed by atoms with Gasteiger partial charge >= 0.3 is 6.18 Å².